The first-order chi connectivity index (χ1) is 9.75. The molecule has 0 fully saturated rings. The maximum absolute atomic E-state index is 11.6. The summed E-state index contributed by atoms with van der Waals surface area (Å²) in [5.74, 6) is -0.343. The average molecular weight is 268 g/mol. The van der Waals surface area contributed by atoms with E-state index in [0.717, 1.165) is 5.56 Å². The molecule has 20 heavy (non-hydrogen) atoms. The minimum absolute atomic E-state index is 0.309. The number of oxime groups is 1. The van der Waals surface area contributed by atoms with Crippen LogP contribution in [0.4, 0.5) is 0 Å². The normalized spacial score (nSPS) is 11.2. The first-order valence-corrected chi connectivity index (χ1v) is 6.45. The Balaban J connectivity index is 1.83. The minimum Gasteiger partial charge on any atom is -0.318 e. The third-order valence-corrected chi connectivity index (χ3v) is 2.78. The first-order valence-electron chi connectivity index (χ1n) is 6.45. The summed E-state index contributed by atoms with van der Waals surface area (Å²) in [6.07, 6.45) is 2.63. The zero-order valence-corrected chi connectivity index (χ0v) is 11.3. The van der Waals surface area contributed by atoms with Crippen LogP contribution in [0.1, 0.15) is 24.6 Å². The largest absolute Gasteiger partial charge is 0.335 e. The molecule has 0 unspecified atom stereocenters. The predicted molar refractivity (Wildman–Crippen MR) is 77.3 cm³/mol. The van der Waals surface area contributed by atoms with Gasteiger partial charge in [-0.05, 0) is 31.0 Å². The van der Waals surface area contributed by atoms with Gasteiger partial charge in [-0.1, -0.05) is 41.6 Å². The molecular weight excluding hydrogens is 252 g/mol. The van der Waals surface area contributed by atoms with Crippen molar-refractivity contribution in [2.75, 3.05) is 0 Å². The lowest BCUT2D eigenvalue weighted by atomic mass is 10.1. The van der Waals surface area contributed by atoms with Crippen LogP contribution in [-0.4, -0.2) is 16.7 Å². The molecule has 0 aliphatic carbocycles. The SMILES string of the molecule is C/C(=N\OC(=O)CCc1ccccc1)c1ccccn1. The van der Waals surface area contributed by atoms with E-state index in [4.69, 9.17) is 4.84 Å². The van der Waals surface area contributed by atoms with Crippen molar-refractivity contribution in [1.29, 1.82) is 0 Å². The maximum atomic E-state index is 11.6. The van der Waals surface area contributed by atoms with Gasteiger partial charge in [-0.3, -0.25) is 4.98 Å². The van der Waals surface area contributed by atoms with E-state index in [9.17, 15) is 4.79 Å². The quantitative estimate of drug-likeness (QED) is 0.476. The fourth-order valence-electron chi connectivity index (χ4n) is 1.68. The second-order valence-corrected chi connectivity index (χ2v) is 4.34. The molecule has 0 radical (unpaired) electrons. The van der Waals surface area contributed by atoms with Crippen LogP contribution in [0.2, 0.25) is 0 Å². The Morgan fingerprint density at radius 1 is 1.15 bits per heavy atom. The summed E-state index contributed by atoms with van der Waals surface area (Å²) in [5, 5.41) is 3.81. The average Bonchev–Trinajstić information content (AvgIpc) is 2.52. The molecule has 4 heteroatoms. The van der Waals surface area contributed by atoms with Gasteiger partial charge < -0.3 is 4.84 Å². The van der Waals surface area contributed by atoms with Crippen LogP contribution in [0.5, 0.6) is 0 Å². The maximum Gasteiger partial charge on any atom is 0.335 e. The van der Waals surface area contributed by atoms with Crippen molar-refractivity contribution in [2.45, 2.75) is 19.8 Å². The van der Waals surface area contributed by atoms with Crippen LogP contribution in [-0.2, 0) is 16.1 Å². The molecule has 0 amide bonds. The summed E-state index contributed by atoms with van der Waals surface area (Å²) in [7, 11) is 0. The molecule has 4 nitrogen and oxygen atoms in total. The lowest BCUT2D eigenvalue weighted by Gasteiger charge is -2.01. The van der Waals surface area contributed by atoms with Gasteiger partial charge in [-0.15, -0.1) is 0 Å². The fraction of sp³-hybridized carbons (Fsp3) is 0.188. The topological polar surface area (TPSA) is 51.5 Å². The van der Waals surface area contributed by atoms with Crippen molar-refractivity contribution in [3.63, 3.8) is 0 Å². The van der Waals surface area contributed by atoms with Crippen LogP contribution in [0.25, 0.3) is 0 Å². The van der Waals surface area contributed by atoms with E-state index in [0.29, 0.717) is 24.2 Å². The molecule has 1 aromatic carbocycles. The van der Waals surface area contributed by atoms with Gasteiger partial charge >= 0.3 is 5.97 Å². The summed E-state index contributed by atoms with van der Waals surface area (Å²) >= 11 is 0. The molecule has 0 aliphatic heterocycles. The van der Waals surface area contributed by atoms with Gasteiger partial charge in [0.05, 0.1) is 12.1 Å². The van der Waals surface area contributed by atoms with Crippen LogP contribution in [0, 0.1) is 0 Å². The summed E-state index contributed by atoms with van der Waals surface area (Å²) in [6, 6.07) is 15.3. The van der Waals surface area contributed by atoms with Crippen molar-refractivity contribution < 1.29 is 9.63 Å². The van der Waals surface area contributed by atoms with Crippen molar-refractivity contribution in [3.05, 3.63) is 66.0 Å². The predicted octanol–water partition coefficient (Wildman–Crippen LogP) is 2.98. The molecule has 2 rings (SSSR count). The van der Waals surface area contributed by atoms with Gasteiger partial charge in [0.1, 0.15) is 5.71 Å². The van der Waals surface area contributed by atoms with Crippen LogP contribution in [0.15, 0.2) is 59.9 Å². The highest BCUT2D eigenvalue weighted by molar-refractivity contribution is 5.96. The molecule has 2 aromatic rings. The summed E-state index contributed by atoms with van der Waals surface area (Å²) in [6.45, 7) is 1.76. The Labute approximate surface area is 118 Å². The second kappa shape index (κ2) is 7.19. The number of carbonyl (C=O) groups excluding carboxylic acids is 1. The van der Waals surface area contributed by atoms with Crippen LogP contribution in [0.3, 0.4) is 0 Å². The summed E-state index contributed by atoms with van der Waals surface area (Å²) in [4.78, 5) is 20.6. The Kier molecular flexibility index (Phi) is 5.00. The van der Waals surface area contributed by atoms with Crippen molar-refractivity contribution in [1.82, 2.24) is 4.98 Å². The van der Waals surface area contributed by atoms with Crippen LogP contribution >= 0.6 is 0 Å². The number of pyridine rings is 1. The Bertz CT molecular complexity index is 580. The van der Waals surface area contributed by atoms with E-state index in [1.165, 1.54) is 0 Å². The van der Waals surface area contributed by atoms with Gasteiger partial charge in [0.15, 0.2) is 0 Å². The van der Waals surface area contributed by atoms with Crippen LogP contribution < -0.4 is 0 Å². The smallest absolute Gasteiger partial charge is 0.318 e. The van der Waals surface area contributed by atoms with Crippen molar-refractivity contribution >= 4 is 11.7 Å². The number of hydrogen-bond donors (Lipinski definition) is 0. The zero-order chi connectivity index (χ0) is 14.2. The monoisotopic (exact) mass is 268 g/mol. The summed E-state index contributed by atoms with van der Waals surface area (Å²) < 4.78 is 0. The molecular formula is C16H16N2O2. The van der Waals surface area contributed by atoms with Gasteiger partial charge in [0.25, 0.3) is 0 Å². The van der Waals surface area contributed by atoms with E-state index in [1.54, 1.807) is 13.1 Å². The second-order valence-electron chi connectivity index (χ2n) is 4.34. The van der Waals surface area contributed by atoms with Crippen molar-refractivity contribution in [2.24, 2.45) is 5.16 Å². The first kappa shape index (κ1) is 13.9. The highest BCUT2D eigenvalue weighted by atomic mass is 16.7. The number of aromatic nitrogens is 1. The standard InChI is InChI=1S/C16H16N2O2/c1-13(15-9-5-6-12-17-15)18-20-16(19)11-10-14-7-3-2-4-8-14/h2-9,12H,10-11H2,1H3/b18-13+. The van der Waals surface area contributed by atoms with E-state index in [-0.39, 0.29) is 5.97 Å². The van der Waals surface area contributed by atoms with E-state index < -0.39 is 0 Å². The lowest BCUT2D eigenvalue weighted by Crippen LogP contribution is -2.05. The third-order valence-electron chi connectivity index (χ3n) is 2.78. The fourth-order valence-corrected chi connectivity index (χ4v) is 1.68. The number of rotatable bonds is 5. The Morgan fingerprint density at radius 2 is 1.90 bits per heavy atom. The lowest BCUT2D eigenvalue weighted by molar-refractivity contribution is -0.143. The molecule has 1 aromatic heterocycles. The highest BCUT2D eigenvalue weighted by Gasteiger charge is 2.05. The molecule has 0 spiro atoms. The van der Waals surface area contributed by atoms with Gasteiger partial charge in [0.2, 0.25) is 0 Å². The Morgan fingerprint density at radius 3 is 2.60 bits per heavy atom. The molecule has 0 saturated carbocycles. The molecule has 1 heterocycles. The molecule has 0 saturated heterocycles. The zero-order valence-electron chi connectivity index (χ0n) is 11.3. The third kappa shape index (κ3) is 4.31. The number of carbonyl (C=O) groups is 1. The minimum atomic E-state index is -0.343. The van der Waals surface area contributed by atoms with Gasteiger partial charge in [-0.2, -0.15) is 0 Å². The summed E-state index contributed by atoms with van der Waals surface area (Å²) in [5.41, 5.74) is 2.39. The number of hydrogen-bond acceptors (Lipinski definition) is 4. The van der Waals surface area contributed by atoms with E-state index >= 15 is 0 Å². The molecule has 0 atom stereocenters. The Hall–Kier alpha value is -2.49. The molecule has 0 bridgehead atoms. The highest BCUT2D eigenvalue weighted by Crippen LogP contribution is 2.04. The number of benzene rings is 1. The number of nitrogens with zero attached hydrogens (tertiary/aromatic N) is 2. The molecule has 102 valence electrons. The van der Waals surface area contributed by atoms with Gasteiger partial charge in [-0.25, -0.2) is 4.79 Å². The van der Waals surface area contributed by atoms with Crippen molar-refractivity contribution in [3.8, 4) is 0 Å². The molecule has 0 N–H and O–H groups in total. The van der Waals surface area contributed by atoms with E-state index in [2.05, 4.69) is 10.1 Å². The number of aryl methyl sites for hydroxylation is 1. The van der Waals surface area contributed by atoms with E-state index in [1.807, 2.05) is 48.5 Å². The van der Waals surface area contributed by atoms with Gasteiger partial charge in [0, 0.05) is 6.20 Å². The molecule has 0 aliphatic rings.